The third kappa shape index (κ3) is 1.18. The highest BCUT2D eigenvalue weighted by Crippen LogP contribution is 2.13. The van der Waals surface area contributed by atoms with E-state index in [4.69, 9.17) is 23.2 Å². The molecule has 0 saturated heterocycles. The van der Waals surface area contributed by atoms with E-state index < -0.39 is 5.24 Å². The predicted octanol–water partition coefficient (Wildman–Crippen LogP) is 2.06. The first-order chi connectivity index (χ1) is 4.63. The highest BCUT2D eigenvalue weighted by Gasteiger charge is 2.07. The first kappa shape index (κ1) is 7.63. The largest absolute Gasteiger partial charge is 0.331 e. The molecule has 1 heterocycles. The summed E-state index contributed by atoms with van der Waals surface area (Å²) in [6.07, 6.45) is 0. The Morgan fingerprint density at radius 2 is 2.20 bits per heavy atom. The zero-order valence-corrected chi connectivity index (χ0v) is 6.78. The number of aromatic nitrogens is 1. The van der Waals surface area contributed by atoms with Crippen LogP contribution in [0.2, 0.25) is 5.15 Å². The maximum atomic E-state index is 10.6. The molecule has 0 spiro atoms. The molecule has 0 bridgehead atoms. The summed E-state index contributed by atoms with van der Waals surface area (Å²) in [5.41, 5.74) is 0.409. The van der Waals surface area contributed by atoms with E-state index >= 15 is 0 Å². The molecule has 0 unspecified atom stereocenters. The van der Waals surface area contributed by atoms with E-state index in [2.05, 4.69) is 0 Å². The minimum absolute atomic E-state index is 0.409. The third-order valence-electron chi connectivity index (χ3n) is 1.26. The van der Waals surface area contributed by atoms with Crippen LogP contribution in [0.5, 0.6) is 0 Å². The zero-order chi connectivity index (χ0) is 7.72. The van der Waals surface area contributed by atoms with Gasteiger partial charge < -0.3 is 4.57 Å². The standard InChI is InChI=1S/C6H5Cl2NO/c1-9-4(6(8)10)2-3-5(9)7/h2-3H,1H3. The quantitative estimate of drug-likeness (QED) is 0.603. The van der Waals surface area contributed by atoms with E-state index in [1.165, 1.54) is 4.57 Å². The fraction of sp³-hybridized carbons (Fsp3) is 0.167. The average Bonchev–Trinajstić information content (AvgIpc) is 2.14. The number of hydrogen-bond acceptors (Lipinski definition) is 1. The number of nitrogens with zero attached hydrogens (tertiary/aromatic N) is 1. The summed E-state index contributed by atoms with van der Waals surface area (Å²) in [5, 5.41) is 0.0124. The van der Waals surface area contributed by atoms with Crippen molar-refractivity contribution in [2.45, 2.75) is 0 Å². The van der Waals surface area contributed by atoms with Crippen LogP contribution in [-0.2, 0) is 7.05 Å². The van der Waals surface area contributed by atoms with Crippen molar-refractivity contribution in [3.8, 4) is 0 Å². The summed E-state index contributed by atoms with van der Waals surface area (Å²) in [6.45, 7) is 0. The van der Waals surface area contributed by atoms with Gasteiger partial charge in [0.25, 0.3) is 5.24 Å². The second-order valence-corrected chi connectivity index (χ2v) is 2.60. The SMILES string of the molecule is Cn1c(Cl)ccc1C(=O)Cl. The van der Waals surface area contributed by atoms with Crippen LogP contribution in [0.1, 0.15) is 10.5 Å². The van der Waals surface area contributed by atoms with E-state index in [1.807, 2.05) is 0 Å². The molecule has 10 heavy (non-hydrogen) atoms. The van der Waals surface area contributed by atoms with Crippen LogP contribution in [0, 0.1) is 0 Å². The van der Waals surface area contributed by atoms with Gasteiger partial charge in [-0.15, -0.1) is 0 Å². The van der Waals surface area contributed by atoms with Gasteiger partial charge in [0.2, 0.25) is 0 Å². The molecule has 0 aromatic carbocycles. The van der Waals surface area contributed by atoms with Crippen LogP contribution in [0.4, 0.5) is 0 Å². The fourth-order valence-electron chi connectivity index (χ4n) is 0.684. The molecule has 0 aliphatic carbocycles. The van der Waals surface area contributed by atoms with Gasteiger partial charge in [-0.2, -0.15) is 0 Å². The molecule has 1 aromatic rings. The lowest BCUT2D eigenvalue weighted by Crippen LogP contribution is -1.98. The maximum absolute atomic E-state index is 10.6. The normalized spacial score (nSPS) is 9.90. The molecule has 0 amide bonds. The molecule has 0 atom stereocenters. The molecule has 0 N–H and O–H groups in total. The minimum Gasteiger partial charge on any atom is -0.331 e. The molecule has 0 radical (unpaired) electrons. The molecule has 2 nitrogen and oxygen atoms in total. The Hall–Kier alpha value is -0.470. The third-order valence-corrected chi connectivity index (χ3v) is 1.84. The van der Waals surface area contributed by atoms with Crippen LogP contribution < -0.4 is 0 Å². The Balaban J connectivity index is 3.17. The second-order valence-electron chi connectivity index (χ2n) is 1.87. The van der Waals surface area contributed by atoms with Crippen molar-refractivity contribution in [1.82, 2.24) is 4.57 Å². The van der Waals surface area contributed by atoms with Crippen LogP contribution in [-0.4, -0.2) is 9.81 Å². The van der Waals surface area contributed by atoms with Gasteiger partial charge in [0.1, 0.15) is 10.8 Å². The number of carbonyl (C=O) groups is 1. The molecule has 54 valence electrons. The van der Waals surface area contributed by atoms with Crippen LogP contribution >= 0.6 is 23.2 Å². The van der Waals surface area contributed by atoms with Crippen molar-refractivity contribution in [1.29, 1.82) is 0 Å². The second kappa shape index (κ2) is 2.64. The highest BCUT2D eigenvalue weighted by atomic mass is 35.5. The summed E-state index contributed by atoms with van der Waals surface area (Å²) in [5.74, 6) is 0. The number of rotatable bonds is 1. The molecular weight excluding hydrogens is 173 g/mol. The summed E-state index contributed by atoms with van der Waals surface area (Å²) < 4.78 is 1.52. The van der Waals surface area contributed by atoms with E-state index in [1.54, 1.807) is 19.2 Å². The molecule has 0 saturated carbocycles. The van der Waals surface area contributed by atoms with Crippen molar-refractivity contribution >= 4 is 28.4 Å². The maximum Gasteiger partial charge on any atom is 0.268 e. The van der Waals surface area contributed by atoms with Crippen molar-refractivity contribution in [3.63, 3.8) is 0 Å². The number of hydrogen-bond donors (Lipinski definition) is 0. The first-order valence-corrected chi connectivity index (χ1v) is 3.39. The molecular formula is C6H5Cl2NO. The van der Waals surface area contributed by atoms with E-state index in [-0.39, 0.29) is 0 Å². The van der Waals surface area contributed by atoms with Crippen molar-refractivity contribution < 1.29 is 4.79 Å². The van der Waals surface area contributed by atoms with E-state index in [0.717, 1.165) is 0 Å². The number of carbonyl (C=O) groups excluding carboxylic acids is 1. The summed E-state index contributed by atoms with van der Waals surface area (Å²) in [6, 6.07) is 3.20. The number of halogens is 2. The molecule has 4 heteroatoms. The van der Waals surface area contributed by atoms with Gasteiger partial charge in [0, 0.05) is 7.05 Å². The Labute approximate surface area is 68.3 Å². The lowest BCUT2D eigenvalue weighted by molar-refractivity contribution is 0.107. The van der Waals surface area contributed by atoms with Gasteiger partial charge in [-0.1, -0.05) is 11.6 Å². The Bertz CT molecular complexity index is 267. The lowest BCUT2D eigenvalue weighted by Gasteiger charge is -1.96. The van der Waals surface area contributed by atoms with Gasteiger partial charge in [-0.3, -0.25) is 4.79 Å². The highest BCUT2D eigenvalue weighted by molar-refractivity contribution is 6.67. The average molecular weight is 178 g/mol. The van der Waals surface area contributed by atoms with E-state index in [0.29, 0.717) is 10.8 Å². The molecule has 0 aliphatic rings. The van der Waals surface area contributed by atoms with E-state index in [9.17, 15) is 4.79 Å². The van der Waals surface area contributed by atoms with Crippen molar-refractivity contribution in [3.05, 3.63) is 23.0 Å². The zero-order valence-electron chi connectivity index (χ0n) is 5.27. The summed E-state index contributed by atoms with van der Waals surface area (Å²) >= 11 is 10.8. The van der Waals surface area contributed by atoms with Crippen LogP contribution in [0.25, 0.3) is 0 Å². The topological polar surface area (TPSA) is 22.0 Å². The van der Waals surface area contributed by atoms with Gasteiger partial charge in [0.05, 0.1) is 0 Å². The van der Waals surface area contributed by atoms with Gasteiger partial charge in [-0.25, -0.2) is 0 Å². The summed E-state index contributed by atoms with van der Waals surface area (Å²) in [7, 11) is 1.68. The first-order valence-electron chi connectivity index (χ1n) is 2.64. The Kier molecular flexibility index (Phi) is 2.02. The van der Waals surface area contributed by atoms with Crippen LogP contribution in [0.15, 0.2) is 12.1 Å². The van der Waals surface area contributed by atoms with Crippen molar-refractivity contribution in [2.24, 2.45) is 7.05 Å². The summed E-state index contributed by atoms with van der Waals surface area (Å²) in [4.78, 5) is 10.6. The van der Waals surface area contributed by atoms with Gasteiger partial charge >= 0.3 is 0 Å². The molecule has 1 aromatic heterocycles. The smallest absolute Gasteiger partial charge is 0.268 e. The minimum atomic E-state index is -0.491. The van der Waals surface area contributed by atoms with Gasteiger partial charge in [-0.05, 0) is 23.7 Å². The van der Waals surface area contributed by atoms with Crippen molar-refractivity contribution in [2.75, 3.05) is 0 Å². The molecule has 0 fully saturated rings. The fourth-order valence-corrected chi connectivity index (χ4v) is 1.03. The molecule has 0 aliphatic heterocycles. The van der Waals surface area contributed by atoms with Gasteiger partial charge in [0.15, 0.2) is 0 Å². The monoisotopic (exact) mass is 177 g/mol. The molecule has 1 rings (SSSR count). The lowest BCUT2D eigenvalue weighted by atomic mass is 10.5. The predicted molar refractivity (Wildman–Crippen MR) is 40.6 cm³/mol. The Morgan fingerprint density at radius 3 is 2.40 bits per heavy atom. The van der Waals surface area contributed by atoms with Crippen LogP contribution in [0.3, 0.4) is 0 Å². The Morgan fingerprint density at radius 1 is 1.60 bits per heavy atom.